The van der Waals surface area contributed by atoms with Gasteiger partial charge in [-0.05, 0) is 61.7 Å². The van der Waals surface area contributed by atoms with Crippen LogP contribution in [0.25, 0.3) is 0 Å². The number of rotatable bonds is 2. The van der Waals surface area contributed by atoms with Crippen molar-refractivity contribution in [1.82, 2.24) is 9.80 Å². The van der Waals surface area contributed by atoms with Crippen LogP contribution >= 0.6 is 22.6 Å². The molecule has 1 aliphatic heterocycles. The molecule has 0 aliphatic carbocycles. The molecule has 1 aliphatic rings. The number of benzene rings is 1. The summed E-state index contributed by atoms with van der Waals surface area (Å²) >= 11 is 2.23. The Morgan fingerprint density at radius 3 is 2.78 bits per heavy atom. The van der Waals surface area contributed by atoms with Gasteiger partial charge in [-0.25, -0.2) is 0 Å². The third kappa shape index (κ3) is 3.03. The Kier molecular flexibility index (Phi) is 4.61. The lowest BCUT2D eigenvalue weighted by Crippen LogP contribution is -2.47. The molecule has 1 fully saturated rings. The zero-order valence-electron chi connectivity index (χ0n) is 10.9. The topological polar surface area (TPSA) is 23.6 Å². The summed E-state index contributed by atoms with van der Waals surface area (Å²) in [6, 6.07) is 8.30. The number of nitrogens with zero attached hydrogens (tertiary/aromatic N) is 2. The quantitative estimate of drug-likeness (QED) is 0.759. The van der Waals surface area contributed by atoms with Crippen LogP contribution in [-0.2, 0) is 0 Å². The molecule has 1 aromatic carbocycles. The van der Waals surface area contributed by atoms with E-state index in [4.69, 9.17) is 0 Å². The number of carbonyl (C=O) groups excluding carboxylic acids is 1. The predicted molar refractivity (Wildman–Crippen MR) is 81.8 cm³/mol. The second-order valence-corrected chi connectivity index (χ2v) is 6.15. The molecule has 1 unspecified atom stereocenters. The molecule has 0 spiro atoms. The lowest BCUT2D eigenvalue weighted by atomic mass is 10.0. The number of piperidine rings is 1. The molecule has 0 bridgehead atoms. The van der Waals surface area contributed by atoms with Gasteiger partial charge in [-0.2, -0.15) is 0 Å². The highest BCUT2D eigenvalue weighted by Crippen LogP contribution is 2.19. The van der Waals surface area contributed by atoms with Crippen LogP contribution in [0.3, 0.4) is 0 Å². The van der Waals surface area contributed by atoms with E-state index in [1.165, 1.54) is 6.42 Å². The number of amides is 1. The van der Waals surface area contributed by atoms with Gasteiger partial charge in [0.15, 0.2) is 0 Å². The predicted octanol–water partition coefficient (Wildman–Crippen LogP) is 2.46. The molecule has 3 nitrogen and oxygen atoms in total. The van der Waals surface area contributed by atoms with E-state index in [2.05, 4.69) is 41.6 Å². The standard InChI is InChI=1S/C14H19IN2O/c1-16(2)11-6-5-9-17(10-11)14(18)12-7-3-4-8-13(12)15/h3-4,7-8,11H,5-6,9-10H2,1-2H3. The average Bonchev–Trinajstić information content (AvgIpc) is 2.38. The van der Waals surface area contributed by atoms with Gasteiger partial charge in [0.25, 0.3) is 5.91 Å². The minimum Gasteiger partial charge on any atom is -0.337 e. The molecular formula is C14H19IN2O. The van der Waals surface area contributed by atoms with E-state index in [0.717, 1.165) is 28.6 Å². The molecule has 0 saturated carbocycles. The smallest absolute Gasteiger partial charge is 0.254 e. The molecule has 1 atom stereocenters. The molecule has 1 aromatic rings. The molecule has 4 heteroatoms. The van der Waals surface area contributed by atoms with Gasteiger partial charge in [0.05, 0.1) is 5.56 Å². The molecule has 98 valence electrons. The minimum absolute atomic E-state index is 0.173. The molecule has 0 N–H and O–H groups in total. The van der Waals surface area contributed by atoms with Crippen LogP contribution in [0.2, 0.25) is 0 Å². The maximum atomic E-state index is 12.5. The van der Waals surface area contributed by atoms with Crippen molar-refractivity contribution in [2.45, 2.75) is 18.9 Å². The number of hydrogen-bond donors (Lipinski definition) is 0. The third-order valence-corrected chi connectivity index (χ3v) is 4.46. The second kappa shape index (κ2) is 6.02. The van der Waals surface area contributed by atoms with Crippen LogP contribution in [0.1, 0.15) is 23.2 Å². The van der Waals surface area contributed by atoms with E-state index in [1.54, 1.807) is 0 Å². The normalized spacial score (nSPS) is 20.2. The lowest BCUT2D eigenvalue weighted by molar-refractivity contribution is 0.0634. The lowest BCUT2D eigenvalue weighted by Gasteiger charge is -2.36. The van der Waals surface area contributed by atoms with Crippen LogP contribution in [0.4, 0.5) is 0 Å². The summed E-state index contributed by atoms with van der Waals surface area (Å²) in [5.74, 6) is 0.173. The Morgan fingerprint density at radius 1 is 1.39 bits per heavy atom. The number of carbonyl (C=O) groups is 1. The zero-order chi connectivity index (χ0) is 13.1. The first-order valence-electron chi connectivity index (χ1n) is 6.30. The molecule has 1 amide bonds. The van der Waals surface area contributed by atoms with E-state index in [-0.39, 0.29) is 5.91 Å². The number of halogens is 1. The molecule has 1 saturated heterocycles. The highest BCUT2D eigenvalue weighted by Gasteiger charge is 2.26. The number of hydrogen-bond acceptors (Lipinski definition) is 2. The Bertz CT molecular complexity index is 434. The summed E-state index contributed by atoms with van der Waals surface area (Å²) in [5, 5.41) is 0. The first kappa shape index (κ1) is 13.8. The van der Waals surface area contributed by atoms with Crippen molar-refractivity contribution in [3.8, 4) is 0 Å². The summed E-state index contributed by atoms with van der Waals surface area (Å²) < 4.78 is 1.03. The van der Waals surface area contributed by atoms with Crippen LogP contribution in [0.5, 0.6) is 0 Å². The molecule has 0 aromatic heterocycles. The van der Waals surface area contributed by atoms with Gasteiger partial charge in [-0.3, -0.25) is 4.79 Å². The van der Waals surface area contributed by atoms with E-state index in [0.29, 0.717) is 6.04 Å². The highest BCUT2D eigenvalue weighted by molar-refractivity contribution is 14.1. The van der Waals surface area contributed by atoms with Crippen molar-refractivity contribution in [3.63, 3.8) is 0 Å². The first-order chi connectivity index (χ1) is 8.59. The number of likely N-dealkylation sites (N-methyl/N-ethyl adjacent to an activating group) is 1. The average molecular weight is 358 g/mol. The molecule has 1 heterocycles. The van der Waals surface area contributed by atoms with Crippen LogP contribution in [0.15, 0.2) is 24.3 Å². The number of likely N-dealkylation sites (tertiary alicyclic amines) is 1. The zero-order valence-corrected chi connectivity index (χ0v) is 13.1. The van der Waals surface area contributed by atoms with Crippen LogP contribution in [0, 0.1) is 3.57 Å². The molecule has 2 rings (SSSR count). The molecular weight excluding hydrogens is 339 g/mol. The van der Waals surface area contributed by atoms with Crippen molar-refractivity contribution in [2.24, 2.45) is 0 Å². The van der Waals surface area contributed by atoms with E-state index in [9.17, 15) is 4.79 Å². The van der Waals surface area contributed by atoms with E-state index >= 15 is 0 Å². The highest BCUT2D eigenvalue weighted by atomic mass is 127. The van der Waals surface area contributed by atoms with Gasteiger partial charge < -0.3 is 9.80 Å². The monoisotopic (exact) mass is 358 g/mol. The van der Waals surface area contributed by atoms with Crippen molar-refractivity contribution in [1.29, 1.82) is 0 Å². The fourth-order valence-electron chi connectivity index (χ4n) is 2.37. The Morgan fingerprint density at radius 2 is 2.11 bits per heavy atom. The Hall–Kier alpha value is -0.620. The SMILES string of the molecule is CN(C)C1CCCN(C(=O)c2ccccc2I)C1. The van der Waals surface area contributed by atoms with E-state index < -0.39 is 0 Å². The van der Waals surface area contributed by atoms with E-state index in [1.807, 2.05) is 29.2 Å². The Balaban J connectivity index is 2.12. The second-order valence-electron chi connectivity index (χ2n) is 4.99. The molecule has 18 heavy (non-hydrogen) atoms. The summed E-state index contributed by atoms with van der Waals surface area (Å²) in [5.41, 5.74) is 0.831. The van der Waals surface area contributed by atoms with Gasteiger partial charge in [0, 0.05) is 22.7 Å². The largest absolute Gasteiger partial charge is 0.337 e. The van der Waals surface area contributed by atoms with Crippen LogP contribution < -0.4 is 0 Å². The van der Waals surface area contributed by atoms with Crippen LogP contribution in [-0.4, -0.2) is 48.9 Å². The van der Waals surface area contributed by atoms with Crippen molar-refractivity contribution >= 4 is 28.5 Å². The maximum absolute atomic E-state index is 12.5. The van der Waals surface area contributed by atoms with Crippen molar-refractivity contribution in [2.75, 3.05) is 27.2 Å². The van der Waals surface area contributed by atoms with Gasteiger partial charge in [-0.1, -0.05) is 12.1 Å². The third-order valence-electron chi connectivity index (χ3n) is 3.52. The van der Waals surface area contributed by atoms with Crippen molar-refractivity contribution < 1.29 is 4.79 Å². The van der Waals surface area contributed by atoms with Gasteiger partial charge >= 0.3 is 0 Å². The molecule has 0 radical (unpaired) electrons. The van der Waals surface area contributed by atoms with Gasteiger partial charge in [0.2, 0.25) is 0 Å². The summed E-state index contributed by atoms with van der Waals surface area (Å²) in [6.45, 7) is 1.73. The van der Waals surface area contributed by atoms with Gasteiger partial charge in [-0.15, -0.1) is 0 Å². The van der Waals surface area contributed by atoms with Crippen molar-refractivity contribution in [3.05, 3.63) is 33.4 Å². The summed E-state index contributed by atoms with van der Waals surface area (Å²) in [6.07, 6.45) is 2.28. The Labute approximate surface area is 122 Å². The fourth-order valence-corrected chi connectivity index (χ4v) is 2.98. The minimum atomic E-state index is 0.173. The summed E-state index contributed by atoms with van der Waals surface area (Å²) in [7, 11) is 4.18. The van der Waals surface area contributed by atoms with Gasteiger partial charge in [0.1, 0.15) is 0 Å². The fraction of sp³-hybridized carbons (Fsp3) is 0.500. The summed E-state index contributed by atoms with van der Waals surface area (Å²) in [4.78, 5) is 16.7. The first-order valence-corrected chi connectivity index (χ1v) is 7.37. The maximum Gasteiger partial charge on any atom is 0.254 e.